The van der Waals surface area contributed by atoms with Crippen LogP contribution in [0.2, 0.25) is 0 Å². The van der Waals surface area contributed by atoms with Crippen LogP contribution >= 0.6 is 0 Å². The van der Waals surface area contributed by atoms with Gasteiger partial charge in [-0.1, -0.05) is 39.5 Å². The van der Waals surface area contributed by atoms with Crippen LogP contribution in [0.3, 0.4) is 0 Å². The highest BCUT2D eigenvalue weighted by Gasteiger charge is 2.18. The number of nitrogens with one attached hydrogen (secondary N) is 1. The van der Waals surface area contributed by atoms with E-state index >= 15 is 0 Å². The van der Waals surface area contributed by atoms with Crippen LogP contribution in [0.1, 0.15) is 58.8 Å². The zero-order valence-corrected chi connectivity index (χ0v) is 12.2. The zero-order chi connectivity index (χ0) is 14.3. The number of carbonyl (C=O) groups is 2. The monoisotopic (exact) mass is 269 g/mol. The van der Waals surface area contributed by atoms with Crippen molar-refractivity contribution in [2.24, 2.45) is 17.8 Å². The fourth-order valence-corrected chi connectivity index (χ4v) is 2.79. The van der Waals surface area contributed by atoms with Gasteiger partial charge < -0.3 is 10.4 Å². The molecule has 110 valence electrons. The Morgan fingerprint density at radius 2 is 1.84 bits per heavy atom. The topological polar surface area (TPSA) is 66.4 Å². The number of hydrogen-bond acceptors (Lipinski definition) is 2. The van der Waals surface area contributed by atoms with Crippen molar-refractivity contribution in [2.45, 2.75) is 58.8 Å². The van der Waals surface area contributed by atoms with Gasteiger partial charge in [-0.15, -0.1) is 0 Å². The Balaban J connectivity index is 2.08. The Labute approximate surface area is 116 Å². The first-order valence-corrected chi connectivity index (χ1v) is 7.45. The van der Waals surface area contributed by atoms with E-state index in [0.29, 0.717) is 6.42 Å². The number of aliphatic carboxylic acids is 1. The van der Waals surface area contributed by atoms with Gasteiger partial charge in [0.15, 0.2) is 0 Å². The molecule has 1 aliphatic carbocycles. The SMILES string of the molecule is CC1CCC(CCNC(=O)CC(C)CC(=O)O)CC1. The predicted octanol–water partition coefficient (Wildman–Crippen LogP) is 2.82. The first-order chi connectivity index (χ1) is 8.97. The molecule has 4 nitrogen and oxygen atoms in total. The van der Waals surface area contributed by atoms with Crippen molar-refractivity contribution in [1.29, 1.82) is 0 Å². The fourth-order valence-electron chi connectivity index (χ4n) is 2.79. The number of carbonyl (C=O) groups excluding carboxylic acids is 1. The molecule has 1 unspecified atom stereocenters. The third kappa shape index (κ3) is 7.19. The van der Waals surface area contributed by atoms with Crippen LogP contribution in [0.25, 0.3) is 0 Å². The Morgan fingerprint density at radius 3 is 2.42 bits per heavy atom. The summed E-state index contributed by atoms with van der Waals surface area (Å²) in [7, 11) is 0. The quantitative estimate of drug-likeness (QED) is 0.747. The highest BCUT2D eigenvalue weighted by atomic mass is 16.4. The van der Waals surface area contributed by atoms with Gasteiger partial charge in [0.25, 0.3) is 0 Å². The van der Waals surface area contributed by atoms with Gasteiger partial charge >= 0.3 is 5.97 Å². The van der Waals surface area contributed by atoms with Crippen LogP contribution in [0.4, 0.5) is 0 Å². The van der Waals surface area contributed by atoms with Gasteiger partial charge in [0.2, 0.25) is 5.91 Å². The number of rotatable bonds is 7. The van der Waals surface area contributed by atoms with E-state index in [4.69, 9.17) is 5.11 Å². The van der Waals surface area contributed by atoms with Crippen molar-refractivity contribution in [3.05, 3.63) is 0 Å². The first-order valence-electron chi connectivity index (χ1n) is 7.45. The standard InChI is InChI=1S/C15H27NO3/c1-11-3-5-13(6-4-11)7-8-16-14(17)9-12(2)10-15(18)19/h11-13H,3-10H2,1-2H3,(H,16,17)(H,18,19). The van der Waals surface area contributed by atoms with Gasteiger partial charge in [-0.25, -0.2) is 0 Å². The molecule has 1 amide bonds. The predicted molar refractivity (Wildman–Crippen MR) is 74.8 cm³/mol. The Hall–Kier alpha value is -1.06. The molecule has 1 rings (SSSR count). The highest BCUT2D eigenvalue weighted by Crippen LogP contribution is 2.29. The second-order valence-corrected chi connectivity index (χ2v) is 6.17. The summed E-state index contributed by atoms with van der Waals surface area (Å²) in [6.07, 6.45) is 6.63. The molecular weight excluding hydrogens is 242 g/mol. The maximum absolute atomic E-state index is 11.6. The summed E-state index contributed by atoms with van der Waals surface area (Å²) in [5, 5.41) is 11.5. The van der Waals surface area contributed by atoms with Crippen LogP contribution in [0.15, 0.2) is 0 Å². The van der Waals surface area contributed by atoms with Crippen LogP contribution < -0.4 is 5.32 Å². The van der Waals surface area contributed by atoms with E-state index in [-0.39, 0.29) is 18.2 Å². The first kappa shape index (κ1) is 16.0. The van der Waals surface area contributed by atoms with Crippen molar-refractivity contribution in [2.75, 3.05) is 6.54 Å². The molecule has 0 aromatic heterocycles. The van der Waals surface area contributed by atoms with Gasteiger partial charge in [0.1, 0.15) is 0 Å². The number of amides is 1. The van der Waals surface area contributed by atoms with E-state index in [0.717, 1.165) is 24.8 Å². The molecule has 0 saturated heterocycles. The molecule has 0 aromatic carbocycles. The molecule has 0 radical (unpaired) electrons. The molecular formula is C15H27NO3. The molecule has 0 heterocycles. The van der Waals surface area contributed by atoms with Crippen molar-refractivity contribution in [3.8, 4) is 0 Å². The van der Waals surface area contributed by atoms with Crippen LogP contribution in [-0.2, 0) is 9.59 Å². The fraction of sp³-hybridized carbons (Fsp3) is 0.867. The van der Waals surface area contributed by atoms with E-state index in [9.17, 15) is 9.59 Å². The van der Waals surface area contributed by atoms with Crippen LogP contribution in [-0.4, -0.2) is 23.5 Å². The minimum Gasteiger partial charge on any atom is -0.481 e. The molecule has 0 bridgehead atoms. The molecule has 1 atom stereocenters. The third-order valence-corrected chi connectivity index (χ3v) is 4.07. The smallest absolute Gasteiger partial charge is 0.303 e. The summed E-state index contributed by atoms with van der Waals surface area (Å²) in [5.74, 6) is 0.679. The average Bonchev–Trinajstić information content (AvgIpc) is 2.30. The summed E-state index contributed by atoms with van der Waals surface area (Å²) in [4.78, 5) is 22.1. The lowest BCUT2D eigenvalue weighted by atomic mass is 9.81. The number of hydrogen-bond donors (Lipinski definition) is 2. The highest BCUT2D eigenvalue weighted by molar-refractivity contribution is 5.77. The lowest BCUT2D eigenvalue weighted by Gasteiger charge is -2.26. The van der Waals surface area contributed by atoms with Gasteiger partial charge in [-0.3, -0.25) is 9.59 Å². The average molecular weight is 269 g/mol. The zero-order valence-electron chi connectivity index (χ0n) is 12.2. The largest absolute Gasteiger partial charge is 0.481 e. The van der Waals surface area contributed by atoms with E-state index in [1.165, 1.54) is 25.7 Å². The van der Waals surface area contributed by atoms with Crippen LogP contribution in [0, 0.1) is 17.8 Å². The molecule has 0 spiro atoms. The lowest BCUT2D eigenvalue weighted by Crippen LogP contribution is -2.28. The van der Waals surface area contributed by atoms with Crippen molar-refractivity contribution in [3.63, 3.8) is 0 Å². The van der Waals surface area contributed by atoms with Gasteiger partial charge in [0.05, 0.1) is 0 Å². The summed E-state index contributed by atoms with van der Waals surface area (Å²) in [6, 6.07) is 0. The maximum atomic E-state index is 11.6. The van der Waals surface area contributed by atoms with Gasteiger partial charge in [0, 0.05) is 19.4 Å². The Bertz CT molecular complexity index is 296. The minimum absolute atomic E-state index is 0.0158. The van der Waals surface area contributed by atoms with Crippen molar-refractivity contribution < 1.29 is 14.7 Å². The molecule has 0 aromatic rings. The van der Waals surface area contributed by atoms with E-state index in [2.05, 4.69) is 12.2 Å². The molecule has 4 heteroatoms. The lowest BCUT2D eigenvalue weighted by molar-refractivity contribution is -0.138. The van der Waals surface area contributed by atoms with Crippen LogP contribution in [0.5, 0.6) is 0 Å². The van der Waals surface area contributed by atoms with Gasteiger partial charge in [-0.05, 0) is 24.2 Å². The van der Waals surface area contributed by atoms with Crippen molar-refractivity contribution >= 4 is 11.9 Å². The molecule has 19 heavy (non-hydrogen) atoms. The van der Waals surface area contributed by atoms with E-state index in [1.807, 2.05) is 0 Å². The summed E-state index contributed by atoms with van der Waals surface area (Å²) < 4.78 is 0. The maximum Gasteiger partial charge on any atom is 0.303 e. The summed E-state index contributed by atoms with van der Waals surface area (Å²) in [6.45, 7) is 4.84. The second-order valence-electron chi connectivity index (χ2n) is 6.17. The summed E-state index contributed by atoms with van der Waals surface area (Å²) in [5.41, 5.74) is 0. The number of carboxylic acids is 1. The second kappa shape index (κ2) is 8.18. The minimum atomic E-state index is -0.836. The van der Waals surface area contributed by atoms with Crippen molar-refractivity contribution in [1.82, 2.24) is 5.32 Å². The molecule has 1 fully saturated rings. The molecule has 1 aliphatic rings. The third-order valence-electron chi connectivity index (χ3n) is 4.07. The molecule has 1 saturated carbocycles. The van der Waals surface area contributed by atoms with E-state index < -0.39 is 5.97 Å². The van der Waals surface area contributed by atoms with Gasteiger partial charge in [-0.2, -0.15) is 0 Å². The normalized spacial score (nSPS) is 24.7. The molecule has 0 aliphatic heterocycles. The Kier molecular flexibility index (Phi) is 6.89. The number of carboxylic acid groups (broad SMARTS) is 1. The Morgan fingerprint density at radius 1 is 1.21 bits per heavy atom. The molecule has 2 N–H and O–H groups in total. The van der Waals surface area contributed by atoms with E-state index in [1.54, 1.807) is 6.92 Å². The summed E-state index contributed by atoms with van der Waals surface area (Å²) >= 11 is 0.